The van der Waals surface area contributed by atoms with Crippen molar-refractivity contribution < 1.29 is 9.59 Å². The number of thiazole rings is 1. The molecule has 1 aromatic heterocycles. The molecule has 0 unspecified atom stereocenters. The van der Waals surface area contributed by atoms with Crippen molar-refractivity contribution in [2.24, 2.45) is 16.3 Å². The number of aromatic nitrogens is 1. The molecule has 3 aliphatic rings. The number of carbonyl (C=O) groups is 2. The van der Waals surface area contributed by atoms with Crippen LogP contribution in [0.5, 0.6) is 0 Å². The third-order valence-corrected chi connectivity index (χ3v) is 7.18. The average Bonchev–Trinajstić information content (AvgIpc) is 3.25. The highest BCUT2D eigenvalue weighted by Gasteiger charge is 2.60. The van der Waals surface area contributed by atoms with Crippen molar-refractivity contribution in [1.29, 1.82) is 0 Å². The van der Waals surface area contributed by atoms with Gasteiger partial charge in [-0.2, -0.15) is 0 Å². The molecule has 3 N–H and O–H groups in total. The molecule has 1 aliphatic carbocycles. The van der Waals surface area contributed by atoms with Crippen LogP contribution in [0.25, 0.3) is 10.2 Å². The van der Waals surface area contributed by atoms with Crippen LogP contribution in [0.2, 0.25) is 0 Å². The molecule has 0 radical (unpaired) electrons. The van der Waals surface area contributed by atoms with Gasteiger partial charge < -0.3 is 16.0 Å². The number of nitrogens with zero attached hydrogens (tertiary/aromatic N) is 2. The number of carbonyl (C=O) groups excluding carboxylic acids is 2. The lowest BCUT2D eigenvalue weighted by Crippen LogP contribution is -2.56. The summed E-state index contributed by atoms with van der Waals surface area (Å²) in [6.07, 6.45) is 2.42. The summed E-state index contributed by atoms with van der Waals surface area (Å²) in [4.78, 5) is 36.3. The number of amides is 1. The number of guanidine groups is 1. The summed E-state index contributed by atoms with van der Waals surface area (Å²) in [5, 5.41) is 10.2. The van der Waals surface area contributed by atoms with E-state index in [4.69, 9.17) is 4.99 Å². The quantitative estimate of drug-likeness (QED) is 0.528. The number of aliphatic imine (C=N–C) groups is 1. The highest BCUT2D eigenvalue weighted by atomic mass is 32.1. The molecule has 160 valence electrons. The summed E-state index contributed by atoms with van der Waals surface area (Å²) in [5.41, 5.74) is 1.35. The van der Waals surface area contributed by atoms with Crippen LogP contribution in [-0.4, -0.2) is 22.6 Å². The molecule has 3 heterocycles. The summed E-state index contributed by atoms with van der Waals surface area (Å²) >= 11 is 1.51. The molecule has 6 rings (SSSR count). The molecule has 3 aromatic rings. The topological polar surface area (TPSA) is 95.5 Å². The second kappa shape index (κ2) is 6.49. The van der Waals surface area contributed by atoms with Gasteiger partial charge in [-0.05, 0) is 23.6 Å². The maximum atomic E-state index is 13.4. The number of fused-ring (bicyclic) bond motifs is 5. The minimum atomic E-state index is -1.35. The number of para-hydroxylation sites is 2. The van der Waals surface area contributed by atoms with Gasteiger partial charge in [-0.1, -0.05) is 61.6 Å². The van der Waals surface area contributed by atoms with Crippen molar-refractivity contribution in [2.75, 3.05) is 10.6 Å². The molecule has 0 saturated carbocycles. The third kappa shape index (κ3) is 2.72. The Kier molecular flexibility index (Phi) is 3.89. The minimum absolute atomic E-state index is 0.00893. The van der Waals surface area contributed by atoms with E-state index < -0.39 is 11.5 Å². The minimum Gasteiger partial charge on any atom is -0.329 e. The van der Waals surface area contributed by atoms with Crippen LogP contribution in [0.3, 0.4) is 0 Å². The molecule has 8 heteroatoms. The summed E-state index contributed by atoms with van der Waals surface area (Å²) in [6.45, 7) is 4.05. The van der Waals surface area contributed by atoms with E-state index in [2.05, 4.69) is 27.0 Å². The van der Waals surface area contributed by atoms with Gasteiger partial charge in [0.15, 0.2) is 10.7 Å². The molecule has 0 bridgehead atoms. The molecule has 1 spiro atoms. The van der Waals surface area contributed by atoms with Crippen LogP contribution >= 0.6 is 11.3 Å². The van der Waals surface area contributed by atoms with Crippen LogP contribution in [0.15, 0.2) is 65.3 Å². The zero-order valence-corrected chi connectivity index (χ0v) is 18.4. The Hall–Kier alpha value is -3.52. The summed E-state index contributed by atoms with van der Waals surface area (Å²) in [6, 6.07) is 15.4. The number of rotatable bonds is 1. The molecule has 2 aliphatic heterocycles. The van der Waals surface area contributed by atoms with Crippen molar-refractivity contribution in [2.45, 2.75) is 25.8 Å². The number of nitrogens with one attached hydrogen (secondary N) is 3. The standard InChI is InChI=1S/C24H21N5O2S/c1-23(2)11-16-19(17(30)12-23)24(13-7-3-4-8-14(13)25-20(24)31)29-21(26-16)28-22-27-15-9-5-6-10-18(15)32-22/h3-11,19H,12H2,1-2H3,(H,25,31)(H2,26,27,28,29)/t19-,24-/m0/s1. The Balaban J connectivity index is 1.52. The fourth-order valence-corrected chi connectivity index (χ4v) is 5.86. The van der Waals surface area contributed by atoms with Crippen molar-refractivity contribution >= 4 is 50.0 Å². The first-order valence-corrected chi connectivity index (χ1v) is 11.3. The summed E-state index contributed by atoms with van der Waals surface area (Å²) < 4.78 is 1.05. The Morgan fingerprint density at radius 3 is 2.69 bits per heavy atom. The zero-order chi connectivity index (χ0) is 22.1. The second-order valence-electron chi connectivity index (χ2n) is 9.13. The number of anilines is 2. The van der Waals surface area contributed by atoms with E-state index in [9.17, 15) is 9.59 Å². The molecule has 7 nitrogen and oxygen atoms in total. The maximum Gasteiger partial charge on any atom is 0.258 e. The Morgan fingerprint density at radius 1 is 1.06 bits per heavy atom. The van der Waals surface area contributed by atoms with Gasteiger partial charge >= 0.3 is 0 Å². The summed E-state index contributed by atoms with van der Waals surface area (Å²) in [7, 11) is 0. The van der Waals surface area contributed by atoms with Crippen LogP contribution in [0, 0.1) is 11.3 Å². The number of benzene rings is 2. The third-order valence-electron chi connectivity index (χ3n) is 6.23. The van der Waals surface area contributed by atoms with Gasteiger partial charge in [-0.3, -0.25) is 9.59 Å². The summed E-state index contributed by atoms with van der Waals surface area (Å²) in [5.74, 6) is -0.564. The number of hydrogen-bond acceptors (Lipinski definition) is 7. The van der Waals surface area contributed by atoms with Gasteiger partial charge in [0.25, 0.3) is 5.91 Å². The molecular weight excluding hydrogens is 422 g/mol. The zero-order valence-electron chi connectivity index (χ0n) is 17.6. The van der Waals surface area contributed by atoms with E-state index in [0.29, 0.717) is 28.9 Å². The van der Waals surface area contributed by atoms with Gasteiger partial charge in [-0.25, -0.2) is 9.98 Å². The first-order chi connectivity index (χ1) is 15.4. The molecule has 0 saturated heterocycles. The van der Waals surface area contributed by atoms with Gasteiger partial charge in [0.05, 0.1) is 16.1 Å². The van der Waals surface area contributed by atoms with E-state index in [1.54, 1.807) is 0 Å². The highest BCUT2D eigenvalue weighted by Crippen LogP contribution is 2.51. The number of allylic oxidation sites excluding steroid dienone is 1. The Bertz CT molecular complexity index is 1340. The molecular formula is C24H21N5O2S. The van der Waals surface area contributed by atoms with Gasteiger partial charge in [0.2, 0.25) is 5.96 Å². The van der Waals surface area contributed by atoms with Crippen molar-refractivity contribution in [3.8, 4) is 0 Å². The lowest BCUT2D eigenvalue weighted by atomic mass is 9.66. The number of hydrogen-bond donors (Lipinski definition) is 3. The molecule has 0 fully saturated rings. The van der Waals surface area contributed by atoms with Crippen LogP contribution < -0.4 is 16.0 Å². The first-order valence-electron chi connectivity index (χ1n) is 10.5. The van der Waals surface area contributed by atoms with E-state index in [-0.39, 0.29) is 17.1 Å². The van der Waals surface area contributed by atoms with E-state index in [1.165, 1.54) is 11.3 Å². The van der Waals surface area contributed by atoms with Crippen LogP contribution in [0.1, 0.15) is 25.8 Å². The number of ketones is 1. The van der Waals surface area contributed by atoms with E-state index in [0.717, 1.165) is 15.8 Å². The monoisotopic (exact) mass is 443 g/mol. The predicted octanol–water partition coefficient (Wildman–Crippen LogP) is 4.01. The Morgan fingerprint density at radius 2 is 1.84 bits per heavy atom. The molecule has 32 heavy (non-hydrogen) atoms. The normalized spacial score (nSPS) is 25.5. The van der Waals surface area contributed by atoms with Crippen molar-refractivity contribution in [1.82, 2.24) is 10.3 Å². The Labute approximate surface area is 188 Å². The SMILES string of the molecule is CC1(C)C=C2NC(Nc3nc4ccccc4s3)=N[C@]3(C(=O)Nc4ccccc43)[C@@H]2C(=O)C1. The molecule has 1 amide bonds. The van der Waals surface area contributed by atoms with Gasteiger partial charge in [-0.15, -0.1) is 0 Å². The largest absolute Gasteiger partial charge is 0.329 e. The van der Waals surface area contributed by atoms with Crippen molar-refractivity contribution in [3.63, 3.8) is 0 Å². The highest BCUT2D eigenvalue weighted by molar-refractivity contribution is 7.22. The van der Waals surface area contributed by atoms with Crippen molar-refractivity contribution in [3.05, 3.63) is 65.9 Å². The fourth-order valence-electron chi connectivity index (χ4n) is 5.00. The predicted molar refractivity (Wildman–Crippen MR) is 126 cm³/mol. The molecule has 2 atom stereocenters. The average molecular weight is 444 g/mol. The number of Topliss-reactive ketones (excluding diaryl/α,β-unsaturated/α-hetero) is 1. The fraction of sp³-hybridized carbons (Fsp3) is 0.250. The molecule has 2 aromatic carbocycles. The van der Waals surface area contributed by atoms with Gasteiger partial charge in [0, 0.05) is 23.4 Å². The first kappa shape index (κ1) is 19.2. The smallest absolute Gasteiger partial charge is 0.258 e. The van der Waals surface area contributed by atoms with Crippen LogP contribution in [-0.2, 0) is 15.1 Å². The lowest BCUT2D eigenvalue weighted by Gasteiger charge is -2.42. The lowest BCUT2D eigenvalue weighted by molar-refractivity contribution is -0.132. The van der Waals surface area contributed by atoms with E-state index >= 15 is 0 Å². The van der Waals surface area contributed by atoms with E-state index in [1.807, 2.05) is 62.4 Å². The second-order valence-corrected chi connectivity index (χ2v) is 10.2. The van der Waals surface area contributed by atoms with Gasteiger partial charge in [0.1, 0.15) is 5.78 Å². The maximum absolute atomic E-state index is 13.4. The van der Waals surface area contributed by atoms with Crippen LogP contribution in [0.4, 0.5) is 10.8 Å².